The first-order valence-electron chi connectivity index (χ1n) is 9.93. The van der Waals surface area contributed by atoms with Crippen molar-refractivity contribution in [2.45, 2.75) is 38.8 Å². The van der Waals surface area contributed by atoms with Crippen LogP contribution in [0.25, 0.3) is 11.0 Å². The van der Waals surface area contributed by atoms with Gasteiger partial charge in [0.2, 0.25) is 0 Å². The van der Waals surface area contributed by atoms with Crippen molar-refractivity contribution in [3.8, 4) is 0 Å². The van der Waals surface area contributed by atoms with Gasteiger partial charge in [0, 0.05) is 29.5 Å². The standard InChI is InChI=1S/C23H21BrN4O/c1-2-21-26-19-9-11-27(14-15-4-3-10-25-13-15)23(29)22(19)28(21)20-8-5-16-12-17(24)6-7-18(16)20/h3-4,6-7,9-13,20H,2,5,8,14H2,1H3/t20-/m0/s1. The van der Waals surface area contributed by atoms with Crippen molar-refractivity contribution in [2.24, 2.45) is 0 Å². The first-order chi connectivity index (χ1) is 14.2. The summed E-state index contributed by atoms with van der Waals surface area (Å²) in [7, 11) is 0. The molecule has 4 aromatic rings. The molecule has 0 fully saturated rings. The Hall–Kier alpha value is -2.73. The molecular weight excluding hydrogens is 428 g/mol. The molecular formula is C23H21BrN4O. The van der Waals surface area contributed by atoms with Crippen LogP contribution in [0.1, 0.15) is 41.9 Å². The highest BCUT2D eigenvalue weighted by atomic mass is 79.9. The highest BCUT2D eigenvalue weighted by Gasteiger charge is 2.28. The number of fused-ring (bicyclic) bond motifs is 2. The molecule has 0 aliphatic heterocycles. The number of hydrogen-bond acceptors (Lipinski definition) is 3. The van der Waals surface area contributed by atoms with Gasteiger partial charge in [0.15, 0.2) is 0 Å². The van der Waals surface area contributed by atoms with Crippen LogP contribution in [-0.4, -0.2) is 19.1 Å². The number of aromatic nitrogens is 4. The summed E-state index contributed by atoms with van der Waals surface area (Å²) in [5.74, 6) is 0.969. The SMILES string of the molecule is CCc1nc2ccn(Cc3cccnc3)c(=O)c2n1[C@H]1CCc2cc(Br)ccc21. The Morgan fingerprint density at radius 1 is 1.24 bits per heavy atom. The lowest BCUT2D eigenvalue weighted by Gasteiger charge is -2.18. The molecule has 3 heterocycles. The molecule has 146 valence electrons. The molecule has 0 N–H and O–H groups in total. The van der Waals surface area contributed by atoms with Gasteiger partial charge in [0.25, 0.3) is 5.56 Å². The Balaban J connectivity index is 1.67. The van der Waals surface area contributed by atoms with Crippen molar-refractivity contribution in [1.82, 2.24) is 19.1 Å². The van der Waals surface area contributed by atoms with Crippen LogP contribution in [0, 0.1) is 0 Å². The van der Waals surface area contributed by atoms with Gasteiger partial charge >= 0.3 is 0 Å². The lowest BCUT2D eigenvalue weighted by Crippen LogP contribution is -2.24. The van der Waals surface area contributed by atoms with E-state index in [1.807, 2.05) is 24.4 Å². The van der Waals surface area contributed by atoms with Crippen LogP contribution in [0.4, 0.5) is 0 Å². The predicted molar refractivity (Wildman–Crippen MR) is 117 cm³/mol. The summed E-state index contributed by atoms with van der Waals surface area (Å²) in [5, 5.41) is 0. The molecule has 5 rings (SSSR count). The minimum atomic E-state index is 0.00381. The average Bonchev–Trinajstić information content (AvgIpc) is 3.31. The lowest BCUT2D eigenvalue weighted by molar-refractivity contribution is 0.567. The van der Waals surface area contributed by atoms with Crippen molar-refractivity contribution < 1.29 is 0 Å². The second-order valence-electron chi connectivity index (χ2n) is 7.49. The monoisotopic (exact) mass is 448 g/mol. The molecule has 0 bridgehead atoms. The molecule has 0 spiro atoms. The number of rotatable bonds is 4. The Morgan fingerprint density at radius 2 is 2.14 bits per heavy atom. The van der Waals surface area contributed by atoms with Crippen LogP contribution in [0.5, 0.6) is 0 Å². The second-order valence-corrected chi connectivity index (χ2v) is 8.41. The summed E-state index contributed by atoms with van der Waals surface area (Å²) >= 11 is 3.58. The van der Waals surface area contributed by atoms with E-state index in [0.29, 0.717) is 12.1 Å². The maximum Gasteiger partial charge on any atom is 0.277 e. The number of imidazole rings is 1. The summed E-state index contributed by atoms with van der Waals surface area (Å²) in [4.78, 5) is 22.4. The molecule has 0 saturated carbocycles. The van der Waals surface area contributed by atoms with Gasteiger partial charge in [-0.3, -0.25) is 9.78 Å². The van der Waals surface area contributed by atoms with Crippen molar-refractivity contribution in [3.63, 3.8) is 0 Å². The molecule has 1 aromatic carbocycles. The zero-order chi connectivity index (χ0) is 20.0. The summed E-state index contributed by atoms with van der Waals surface area (Å²) in [5.41, 5.74) is 5.13. The molecule has 0 unspecified atom stereocenters. The van der Waals surface area contributed by atoms with Crippen LogP contribution in [-0.2, 0) is 19.4 Å². The van der Waals surface area contributed by atoms with Crippen molar-refractivity contribution >= 4 is 27.0 Å². The lowest BCUT2D eigenvalue weighted by atomic mass is 10.1. The number of hydrogen-bond donors (Lipinski definition) is 0. The van der Waals surface area contributed by atoms with Crippen LogP contribution in [0.15, 0.2) is 64.3 Å². The third kappa shape index (κ3) is 3.12. The van der Waals surface area contributed by atoms with Crippen LogP contribution in [0.2, 0.25) is 0 Å². The number of pyridine rings is 2. The first-order valence-corrected chi connectivity index (χ1v) is 10.7. The van der Waals surface area contributed by atoms with E-state index in [4.69, 9.17) is 4.98 Å². The zero-order valence-corrected chi connectivity index (χ0v) is 17.8. The van der Waals surface area contributed by atoms with Gasteiger partial charge in [-0.05, 0) is 53.8 Å². The average molecular weight is 449 g/mol. The highest BCUT2D eigenvalue weighted by molar-refractivity contribution is 9.10. The maximum absolute atomic E-state index is 13.5. The van der Waals surface area contributed by atoms with Gasteiger partial charge in [0.1, 0.15) is 11.3 Å². The highest BCUT2D eigenvalue weighted by Crippen LogP contribution is 2.38. The topological polar surface area (TPSA) is 52.7 Å². The second kappa shape index (κ2) is 7.26. The summed E-state index contributed by atoms with van der Waals surface area (Å²) < 4.78 is 5.05. The summed E-state index contributed by atoms with van der Waals surface area (Å²) in [6, 6.07) is 12.5. The fraction of sp³-hybridized carbons (Fsp3) is 0.261. The fourth-order valence-electron chi connectivity index (χ4n) is 4.42. The first kappa shape index (κ1) is 18.3. The van der Waals surface area contributed by atoms with E-state index in [1.165, 1.54) is 11.1 Å². The van der Waals surface area contributed by atoms with Crippen LogP contribution in [0.3, 0.4) is 0 Å². The molecule has 6 heteroatoms. The number of halogens is 1. The van der Waals surface area contributed by atoms with Gasteiger partial charge in [-0.25, -0.2) is 4.98 Å². The van der Waals surface area contributed by atoms with E-state index in [2.05, 4.69) is 50.6 Å². The van der Waals surface area contributed by atoms with Crippen LogP contribution < -0.4 is 5.56 Å². The fourth-order valence-corrected chi connectivity index (χ4v) is 4.83. The molecule has 0 saturated heterocycles. The number of aryl methyl sites for hydroxylation is 2. The smallest absolute Gasteiger partial charge is 0.277 e. The zero-order valence-electron chi connectivity index (χ0n) is 16.2. The van der Waals surface area contributed by atoms with Gasteiger partial charge in [-0.2, -0.15) is 0 Å². The van der Waals surface area contributed by atoms with Crippen molar-refractivity contribution in [3.05, 3.63) is 92.3 Å². The van der Waals surface area contributed by atoms with Gasteiger partial charge in [0.05, 0.1) is 18.1 Å². The molecule has 0 radical (unpaired) electrons. The van der Waals surface area contributed by atoms with Gasteiger partial charge in [-0.1, -0.05) is 35.0 Å². The summed E-state index contributed by atoms with van der Waals surface area (Å²) in [6.45, 7) is 2.60. The van der Waals surface area contributed by atoms with E-state index in [9.17, 15) is 4.79 Å². The Kier molecular flexibility index (Phi) is 4.59. The van der Waals surface area contributed by atoms with E-state index in [-0.39, 0.29) is 11.6 Å². The van der Waals surface area contributed by atoms with Crippen molar-refractivity contribution in [1.29, 1.82) is 0 Å². The molecule has 29 heavy (non-hydrogen) atoms. The number of nitrogens with zero attached hydrogens (tertiary/aromatic N) is 4. The Labute approximate surface area is 177 Å². The van der Waals surface area contributed by atoms with Crippen LogP contribution >= 0.6 is 15.9 Å². The third-order valence-corrected chi connectivity index (χ3v) is 6.23. The van der Waals surface area contributed by atoms with E-state index in [0.717, 1.165) is 40.6 Å². The number of benzene rings is 1. The molecule has 0 amide bonds. The Morgan fingerprint density at radius 3 is 2.93 bits per heavy atom. The Bertz CT molecular complexity index is 1260. The van der Waals surface area contributed by atoms with E-state index >= 15 is 0 Å². The minimum Gasteiger partial charge on any atom is -0.316 e. The maximum atomic E-state index is 13.5. The third-order valence-electron chi connectivity index (χ3n) is 5.74. The predicted octanol–water partition coefficient (Wildman–Crippen LogP) is 4.50. The van der Waals surface area contributed by atoms with Crippen molar-refractivity contribution in [2.75, 3.05) is 0 Å². The van der Waals surface area contributed by atoms with E-state index < -0.39 is 0 Å². The quantitative estimate of drug-likeness (QED) is 0.461. The van der Waals surface area contributed by atoms with Gasteiger partial charge < -0.3 is 9.13 Å². The van der Waals surface area contributed by atoms with E-state index in [1.54, 1.807) is 17.0 Å². The molecule has 1 aliphatic rings. The van der Waals surface area contributed by atoms with Gasteiger partial charge in [-0.15, -0.1) is 0 Å². The largest absolute Gasteiger partial charge is 0.316 e. The molecule has 5 nitrogen and oxygen atoms in total. The molecule has 1 atom stereocenters. The molecule has 3 aromatic heterocycles. The molecule has 1 aliphatic carbocycles. The minimum absolute atomic E-state index is 0.00381. The normalized spacial score (nSPS) is 15.7. The summed E-state index contributed by atoms with van der Waals surface area (Å²) in [6.07, 6.45) is 8.18.